The number of nitrogens with one attached hydrogen (secondary N) is 2. The highest BCUT2D eigenvalue weighted by Gasteiger charge is 2.36. The number of unbranched alkanes of at least 4 members (excludes halogenated alkanes) is 2. The molecule has 220 valence electrons. The molecule has 1 aliphatic heterocycles. The van der Waals surface area contributed by atoms with E-state index in [1.165, 1.54) is 11.8 Å². The van der Waals surface area contributed by atoms with Gasteiger partial charge in [0.25, 0.3) is 5.91 Å². The maximum atomic E-state index is 13.0. The normalized spacial score (nSPS) is 18.8. The summed E-state index contributed by atoms with van der Waals surface area (Å²) in [5.74, 6) is -2.04. The highest BCUT2D eigenvalue weighted by atomic mass is 31.1. The maximum absolute atomic E-state index is 13.0. The van der Waals surface area contributed by atoms with Crippen LogP contribution in [0, 0.1) is 0 Å². The van der Waals surface area contributed by atoms with Crippen LogP contribution in [0.5, 0.6) is 0 Å². The zero-order valence-corrected chi connectivity index (χ0v) is 24.5. The third-order valence-electron chi connectivity index (χ3n) is 5.95. The van der Waals surface area contributed by atoms with E-state index in [1.54, 1.807) is 20.8 Å². The van der Waals surface area contributed by atoms with Gasteiger partial charge in [-0.05, 0) is 53.4 Å². The van der Waals surface area contributed by atoms with Crippen molar-refractivity contribution in [2.75, 3.05) is 13.2 Å². The number of amides is 3. The van der Waals surface area contributed by atoms with E-state index in [2.05, 4.69) is 10.6 Å². The largest absolute Gasteiger partial charge is 0.480 e. The van der Waals surface area contributed by atoms with Crippen LogP contribution in [0.2, 0.25) is 0 Å². The molecule has 1 aliphatic rings. The molecule has 1 fully saturated rings. The number of ether oxygens (including phenoxy) is 1. The van der Waals surface area contributed by atoms with Gasteiger partial charge < -0.3 is 29.9 Å². The van der Waals surface area contributed by atoms with Crippen molar-refractivity contribution < 1.29 is 42.6 Å². The number of rotatable bonds is 16. The Bertz CT molecular complexity index is 818. The second kappa shape index (κ2) is 16.7. The first-order chi connectivity index (χ1) is 17.8. The fourth-order valence-electron chi connectivity index (χ4n) is 3.99. The number of carbonyl (C=O) groups excluding carboxylic acids is 3. The van der Waals surface area contributed by atoms with E-state index in [4.69, 9.17) is 13.8 Å². The summed E-state index contributed by atoms with van der Waals surface area (Å²) >= 11 is 0. The quantitative estimate of drug-likeness (QED) is 0.238. The Balaban J connectivity index is 2.72. The molecule has 3 amide bonds. The average Bonchev–Trinajstić information content (AvgIpc) is 3.32. The molecule has 0 aromatic carbocycles. The molecule has 1 saturated heterocycles. The first-order valence-corrected chi connectivity index (χ1v) is 14.7. The van der Waals surface area contributed by atoms with Crippen molar-refractivity contribution in [2.45, 2.75) is 123 Å². The predicted molar refractivity (Wildman–Crippen MR) is 142 cm³/mol. The highest BCUT2D eigenvalue weighted by molar-refractivity contribution is 7.33. The van der Waals surface area contributed by atoms with Crippen LogP contribution in [0.1, 0.15) is 92.9 Å². The lowest BCUT2D eigenvalue weighted by Crippen LogP contribution is -2.51. The van der Waals surface area contributed by atoms with Crippen molar-refractivity contribution in [2.24, 2.45) is 0 Å². The van der Waals surface area contributed by atoms with Crippen molar-refractivity contribution in [1.29, 1.82) is 0 Å². The molecule has 0 bridgehead atoms. The Morgan fingerprint density at radius 3 is 2.29 bits per heavy atom. The van der Waals surface area contributed by atoms with Gasteiger partial charge in [-0.15, -0.1) is 0 Å². The summed E-state index contributed by atoms with van der Waals surface area (Å²) in [7, 11) is -3.11. The molecule has 0 spiro atoms. The molecule has 0 aliphatic carbocycles. The van der Waals surface area contributed by atoms with Crippen molar-refractivity contribution in [3.8, 4) is 0 Å². The molecule has 1 heterocycles. The Morgan fingerprint density at radius 1 is 1.08 bits per heavy atom. The Morgan fingerprint density at radius 2 is 1.71 bits per heavy atom. The lowest BCUT2D eigenvalue weighted by Gasteiger charge is -2.26. The van der Waals surface area contributed by atoms with E-state index in [0.717, 1.165) is 25.7 Å². The van der Waals surface area contributed by atoms with Gasteiger partial charge in [0.2, 0.25) is 5.91 Å². The molecule has 2 unspecified atom stereocenters. The molecule has 5 atom stereocenters. The average molecular weight is 564 g/mol. The van der Waals surface area contributed by atoms with Gasteiger partial charge in [0, 0.05) is 6.54 Å². The van der Waals surface area contributed by atoms with Crippen LogP contribution in [-0.2, 0) is 32.7 Å². The monoisotopic (exact) mass is 563 g/mol. The number of alkyl carbamates (subject to hydrolysis) is 1. The predicted octanol–water partition coefficient (Wildman–Crippen LogP) is 3.63. The summed E-state index contributed by atoms with van der Waals surface area (Å²) in [6.07, 6.45) is 3.28. The van der Waals surface area contributed by atoms with Crippen LogP contribution >= 0.6 is 8.25 Å². The molecular formula is C25H46N3O9P. The van der Waals surface area contributed by atoms with E-state index in [-0.39, 0.29) is 6.61 Å². The molecule has 13 heteroatoms. The standard InChI is InChI=1S/C25H46N3O9P/c1-7-9-12-18(26-21(29)19(13-10-8-2)27-24(33)36-25(4,5)6)16-35-38(34)37-17(3)22(30)28-15-11-14-20(28)23(31)32/h17-20,38H,7-16H2,1-6H3,(H,26,29)(H,27,33)(H,31,32)/t17-,18?,19-,20-/m0/s1. The van der Waals surface area contributed by atoms with Crippen LogP contribution < -0.4 is 10.6 Å². The molecule has 0 radical (unpaired) electrons. The zero-order valence-electron chi connectivity index (χ0n) is 23.5. The smallest absolute Gasteiger partial charge is 0.408 e. The number of hydrogen-bond acceptors (Lipinski definition) is 8. The zero-order chi connectivity index (χ0) is 28.9. The number of likely N-dealkylation sites (tertiary alicyclic amines) is 1. The van der Waals surface area contributed by atoms with E-state index < -0.39 is 62.0 Å². The van der Waals surface area contributed by atoms with Gasteiger partial charge in [-0.3, -0.25) is 18.7 Å². The molecule has 0 aromatic heterocycles. The molecule has 38 heavy (non-hydrogen) atoms. The minimum absolute atomic E-state index is 0.112. The molecule has 0 aromatic rings. The van der Waals surface area contributed by atoms with Gasteiger partial charge in [0.05, 0.1) is 12.6 Å². The van der Waals surface area contributed by atoms with Gasteiger partial charge in [-0.2, -0.15) is 0 Å². The number of nitrogens with zero attached hydrogens (tertiary/aromatic N) is 1. The number of hydrogen-bond donors (Lipinski definition) is 3. The van der Waals surface area contributed by atoms with Gasteiger partial charge in [0.1, 0.15) is 23.8 Å². The SMILES string of the molecule is CCCCC(CO[PH](=O)O[C@@H](C)C(=O)N1CCC[C@H]1C(=O)O)NC(=O)[C@H](CCCC)NC(=O)OC(C)(C)C. The van der Waals surface area contributed by atoms with Crippen molar-refractivity contribution >= 4 is 32.1 Å². The van der Waals surface area contributed by atoms with E-state index >= 15 is 0 Å². The van der Waals surface area contributed by atoms with Gasteiger partial charge >= 0.3 is 20.3 Å². The summed E-state index contributed by atoms with van der Waals surface area (Å²) in [6.45, 7) is 10.8. The first kappa shape index (κ1) is 33.9. The van der Waals surface area contributed by atoms with Crippen molar-refractivity contribution in [3.05, 3.63) is 0 Å². The highest BCUT2D eigenvalue weighted by Crippen LogP contribution is 2.29. The second-order valence-electron chi connectivity index (χ2n) is 10.5. The van der Waals surface area contributed by atoms with Crippen LogP contribution in [0.25, 0.3) is 0 Å². The molecular weight excluding hydrogens is 517 g/mol. The lowest BCUT2D eigenvalue weighted by atomic mass is 10.1. The minimum Gasteiger partial charge on any atom is -0.480 e. The summed E-state index contributed by atoms with van der Waals surface area (Å²) in [5.41, 5.74) is -0.707. The topological polar surface area (TPSA) is 161 Å². The Labute approximate surface area is 226 Å². The van der Waals surface area contributed by atoms with Crippen molar-refractivity contribution in [3.63, 3.8) is 0 Å². The molecule has 12 nitrogen and oxygen atoms in total. The Hall–Kier alpha value is -2.17. The maximum Gasteiger partial charge on any atom is 0.408 e. The number of aliphatic carboxylic acids is 1. The van der Waals surface area contributed by atoms with Crippen molar-refractivity contribution in [1.82, 2.24) is 15.5 Å². The lowest BCUT2D eigenvalue weighted by molar-refractivity contribution is -0.151. The first-order valence-electron chi connectivity index (χ1n) is 13.5. The molecule has 1 rings (SSSR count). The van der Waals surface area contributed by atoms with Gasteiger partial charge in [-0.25, -0.2) is 9.59 Å². The van der Waals surface area contributed by atoms with Gasteiger partial charge in [0.15, 0.2) is 0 Å². The van der Waals surface area contributed by atoms with E-state index in [9.17, 15) is 28.8 Å². The Kier molecular flexibility index (Phi) is 14.9. The summed E-state index contributed by atoms with van der Waals surface area (Å²) in [6, 6.07) is -2.21. The fourth-order valence-corrected chi connectivity index (χ4v) is 4.79. The number of carboxylic acids is 1. The summed E-state index contributed by atoms with van der Waals surface area (Å²) < 4.78 is 28.4. The third-order valence-corrected chi connectivity index (χ3v) is 6.90. The van der Waals surface area contributed by atoms with Crippen LogP contribution in [0.3, 0.4) is 0 Å². The van der Waals surface area contributed by atoms with E-state index in [0.29, 0.717) is 32.2 Å². The summed E-state index contributed by atoms with van der Waals surface area (Å²) in [5, 5.41) is 14.8. The second-order valence-corrected chi connectivity index (χ2v) is 11.6. The van der Waals surface area contributed by atoms with Gasteiger partial charge in [-0.1, -0.05) is 39.5 Å². The molecule has 3 N–H and O–H groups in total. The van der Waals surface area contributed by atoms with Crippen LogP contribution in [0.15, 0.2) is 0 Å². The van der Waals surface area contributed by atoms with Crippen LogP contribution in [0.4, 0.5) is 4.79 Å². The third kappa shape index (κ3) is 12.6. The number of carboxylic acid groups (broad SMARTS) is 1. The minimum atomic E-state index is -3.11. The summed E-state index contributed by atoms with van der Waals surface area (Å²) in [4.78, 5) is 50.5. The molecule has 0 saturated carbocycles. The number of carbonyl (C=O) groups is 4. The fraction of sp³-hybridized carbons (Fsp3) is 0.840. The van der Waals surface area contributed by atoms with Crippen LogP contribution in [-0.4, -0.2) is 76.9 Å². The van der Waals surface area contributed by atoms with E-state index in [1.807, 2.05) is 13.8 Å².